The first-order valence-corrected chi connectivity index (χ1v) is 8.27. The highest BCUT2D eigenvalue weighted by molar-refractivity contribution is 6.30. The SMILES string of the molecule is CC(=O)N(CC(=O)Nc1ccc(Cl)cc1C)c1ccc(N(C)C)cc1. The molecule has 0 saturated heterocycles. The van der Waals surface area contributed by atoms with Gasteiger partial charge in [-0.3, -0.25) is 9.59 Å². The Morgan fingerprint density at radius 2 is 1.64 bits per heavy atom. The average Bonchev–Trinajstić information content (AvgIpc) is 2.55. The molecule has 0 unspecified atom stereocenters. The average molecular weight is 360 g/mol. The molecule has 2 aromatic rings. The highest BCUT2D eigenvalue weighted by atomic mass is 35.5. The summed E-state index contributed by atoms with van der Waals surface area (Å²) < 4.78 is 0. The number of hydrogen-bond donors (Lipinski definition) is 1. The summed E-state index contributed by atoms with van der Waals surface area (Å²) >= 11 is 5.93. The maximum absolute atomic E-state index is 12.4. The Hall–Kier alpha value is -2.53. The van der Waals surface area contributed by atoms with E-state index < -0.39 is 0 Å². The van der Waals surface area contributed by atoms with Gasteiger partial charge < -0.3 is 15.1 Å². The van der Waals surface area contributed by atoms with E-state index in [-0.39, 0.29) is 18.4 Å². The first-order valence-electron chi connectivity index (χ1n) is 7.89. The molecule has 0 saturated carbocycles. The van der Waals surface area contributed by atoms with Crippen LogP contribution in [0.1, 0.15) is 12.5 Å². The van der Waals surface area contributed by atoms with Crippen molar-refractivity contribution in [1.29, 1.82) is 0 Å². The molecule has 0 atom stereocenters. The second-order valence-electron chi connectivity index (χ2n) is 6.02. The molecule has 0 heterocycles. The van der Waals surface area contributed by atoms with Crippen LogP contribution in [0.2, 0.25) is 5.02 Å². The Bertz CT molecular complexity index is 773. The number of nitrogens with zero attached hydrogens (tertiary/aromatic N) is 2. The van der Waals surface area contributed by atoms with Gasteiger partial charge in [-0.1, -0.05) is 11.6 Å². The van der Waals surface area contributed by atoms with Gasteiger partial charge in [0.15, 0.2) is 0 Å². The third-order valence-corrected chi connectivity index (χ3v) is 4.06. The van der Waals surface area contributed by atoms with E-state index >= 15 is 0 Å². The largest absolute Gasteiger partial charge is 0.378 e. The minimum atomic E-state index is -0.266. The Kier molecular flexibility index (Phi) is 6.04. The van der Waals surface area contributed by atoms with Crippen molar-refractivity contribution >= 4 is 40.5 Å². The smallest absolute Gasteiger partial charge is 0.244 e. The molecule has 5 nitrogen and oxygen atoms in total. The summed E-state index contributed by atoms with van der Waals surface area (Å²) in [6.45, 7) is 3.25. The molecule has 1 N–H and O–H groups in total. The molecular weight excluding hydrogens is 338 g/mol. The van der Waals surface area contributed by atoms with Crippen molar-refractivity contribution in [3.05, 3.63) is 53.1 Å². The number of halogens is 1. The van der Waals surface area contributed by atoms with Crippen LogP contribution in [0.3, 0.4) is 0 Å². The van der Waals surface area contributed by atoms with Gasteiger partial charge in [0.05, 0.1) is 0 Å². The molecule has 0 aliphatic heterocycles. The Morgan fingerprint density at radius 3 is 2.16 bits per heavy atom. The Morgan fingerprint density at radius 1 is 1.04 bits per heavy atom. The lowest BCUT2D eigenvalue weighted by molar-refractivity contribution is -0.120. The zero-order chi connectivity index (χ0) is 18.6. The van der Waals surface area contributed by atoms with Gasteiger partial charge in [0.2, 0.25) is 11.8 Å². The standard InChI is InChI=1S/C19H22ClN3O2/c1-13-11-15(20)5-10-18(13)21-19(25)12-23(14(2)24)17-8-6-16(7-9-17)22(3)4/h5-11H,12H2,1-4H3,(H,21,25). The quantitative estimate of drug-likeness (QED) is 0.885. The number of anilines is 3. The minimum Gasteiger partial charge on any atom is -0.378 e. The van der Waals surface area contributed by atoms with Crippen molar-refractivity contribution in [1.82, 2.24) is 0 Å². The molecule has 0 fully saturated rings. The van der Waals surface area contributed by atoms with Gasteiger partial charge in [-0.15, -0.1) is 0 Å². The predicted molar refractivity (Wildman–Crippen MR) is 104 cm³/mol. The van der Waals surface area contributed by atoms with E-state index in [1.165, 1.54) is 11.8 Å². The van der Waals surface area contributed by atoms with Crippen LogP contribution in [0.5, 0.6) is 0 Å². The van der Waals surface area contributed by atoms with Crippen molar-refractivity contribution in [2.75, 3.05) is 35.8 Å². The molecule has 2 rings (SSSR count). The van der Waals surface area contributed by atoms with Crippen molar-refractivity contribution in [3.63, 3.8) is 0 Å². The van der Waals surface area contributed by atoms with E-state index in [1.54, 1.807) is 18.2 Å². The molecule has 0 radical (unpaired) electrons. The van der Waals surface area contributed by atoms with E-state index in [4.69, 9.17) is 11.6 Å². The van der Waals surface area contributed by atoms with Crippen LogP contribution in [0, 0.1) is 6.92 Å². The number of nitrogens with one attached hydrogen (secondary N) is 1. The van der Waals surface area contributed by atoms with E-state index in [2.05, 4.69) is 5.32 Å². The van der Waals surface area contributed by atoms with Crippen molar-refractivity contribution in [2.24, 2.45) is 0 Å². The van der Waals surface area contributed by atoms with Crippen LogP contribution in [0.25, 0.3) is 0 Å². The molecule has 0 spiro atoms. The lowest BCUT2D eigenvalue weighted by atomic mass is 10.2. The molecule has 0 aliphatic rings. The van der Waals surface area contributed by atoms with Crippen molar-refractivity contribution < 1.29 is 9.59 Å². The number of aryl methyl sites for hydroxylation is 1. The van der Waals surface area contributed by atoms with Crippen molar-refractivity contribution in [2.45, 2.75) is 13.8 Å². The Labute approximate surface area is 153 Å². The van der Waals surface area contributed by atoms with Crippen LogP contribution in [-0.4, -0.2) is 32.5 Å². The fraction of sp³-hybridized carbons (Fsp3) is 0.263. The summed E-state index contributed by atoms with van der Waals surface area (Å²) in [5.74, 6) is -0.460. The van der Waals surface area contributed by atoms with E-state index in [0.29, 0.717) is 16.4 Å². The van der Waals surface area contributed by atoms with Crippen LogP contribution < -0.4 is 15.1 Å². The highest BCUT2D eigenvalue weighted by Gasteiger charge is 2.16. The van der Waals surface area contributed by atoms with Gasteiger partial charge >= 0.3 is 0 Å². The van der Waals surface area contributed by atoms with E-state index in [9.17, 15) is 9.59 Å². The van der Waals surface area contributed by atoms with Crippen molar-refractivity contribution in [3.8, 4) is 0 Å². The monoisotopic (exact) mass is 359 g/mol. The number of carbonyl (C=O) groups excluding carboxylic acids is 2. The number of rotatable bonds is 5. The second kappa shape index (κ2) is 8.03. The molecule has 2 aromatic carbocycles. The zero-order valence-corrected chi connectivity index (χ0v) is 15.6. The van der Waals surface area contributed by atoms with E-state index in [1.807, 2.05) is 50.2 Å². The van der Waals surface area contributed by atoms with Gasteiger partial charge in [-0.25, -0.2) is 0 Å². The third-order valence-electron chi connectivity index (χ3n) is 3.82. The van der Waals surface area contributed by atoms with Crippen LogP contribution >= 0.6 is 11.6 Å². The third kappa shape index (κ3) is 4.97. The number of carbonyl (C=O) groups is 2. The van der Waals surface area contributed by atoms with Crippen LogP contribution in [-0.2, 0) is 9.59 Å². The molecule has 25 heavy (non-hydrogen) atoms. The summed E-state index contributed by atoms with van der Waals surface area (Å²) in [5.41, 5.74) is 3.25. The fourth-order valence-corrected chi connectivity index (χ4v) is 2.64. The summed E-state index contributed by atoms with van der Waals surface area (Å²) in [4.78, 5) is 27.8. The minimum absolute atomic E-state index is 0.0568. The lowest BCUT2D eigenvalue weighted by Crippen LogP contribution is -2.36. The normalized spacial score (nSPS) is 10.3. The van der Waals surface area contributed by atoms with Gasteiger partial charge in [0.25, 0.3) is 0 Å². The van der Waals surface area contributed by atoms with Gasteiger partial charge in [0.1, 0.15) is 6.54 Å². The van der Waals surface area contributed by atoms with Gasteiger partial charge in [-0.2, -0.15) is 0 Å². The summed E-state index contributed by atoms with van der Waals surface area (Å²) in [6.07, 6.45) is 0. The topological polar surface area (TPSA) is 52.7 Å². The molecule has 0 aliphatic carbocycles. The second-order valence-corrected chi connectivity index (χ2v) is 6.46. The number of benzene rings is 2. The fourth-order valence-electron chi connectivity index (χ4n) is 2.42. The van der Waals surface area contributed by atoms with Gasteiger partial charge in [0, 0.05) is 43.1 Å². The molecule has 0 aromatic heterocycles. The Balaban J connectivity index is 2.12. The number of amides is 2. The number of hydrogen-bond acceptors (Lipinski definition) is 3. The summed E-state index contributed by atoms with van der Waals surface area (Å²) in [6, 6.07) is 12.7. The molecule has 6 heteroatoms. The molecule has 0 bridgehead atoms. The molecule has 2 amide bonds. The summed E-state index contributed by atoms with van der Waals surface area (Å²) in [7, 11) is 3.89. The first-order chi connectivity index (χ1) is 11.8. The van der Waals surface area contributed by atoms with E-state index in [0.717, 1.165) is 11.3 Å². The zero-order valence-electron chi connectivity index (χ0n) is 14.8. The van der Waals surface area contributed by atoms with Gasteiger partial charge in [-0.05, 0) is 55.0 Å². The van der Waals surface area contributed by atoms with Crippen LogP contribution in [0.15, 0.2) is 42.5 Å². The maximum atomic E-state index is 12.4. The molecule has 132 valence electrons. The summed E-state index contributed by atoms with van der Waals surface area (Å²) in [5, 5.41) is 3.44. The lowest BCUT2D eigenvalue weighted by Gasteiger charge is -2.22. The first kappa shape index (κ1) is 18.8. The maximum Gasteiger partial charge on any atom is 0.244 e. The highest BCUT2D eigenvalue weighted by Crippen LogP contribution is 2.21. The molecular formula is C19H22ClN3O2. The predicted octanol–water partition coefficient (Wildman–Crippen LogP) is 3.71. The van der Waals surface area contributed by atoms with Crippen LogP contribution in [0.4, 0.5) is 17.1 Å².